The zero-order valence-electron chi connectivity index (χ0n) is 16.6. The Hall–Kier alpha value is -0.0431. The van der Waals surface area contributed by atoms with E-state index in [1.165, 1.54) is 115 Å². The van der Waals surface area contributed by atoms with Gasteiger partial charge in [-0.2, -0.15) is 0 Å². The highest BCUT2D eigenvalue weighted by molar-refractivity contribution is 6.57. The number of allylic oxidation sites excluding steroid dienone is 1. The van der Waals surface area contributed by atoms with Crippen LogP contribution in [0.15, 0.2) is 12.7 Å². The van der Waals surface area contributed by atoms with Crippen LogP contribution >= 0.6 is 0 Å². The van der Waals surface area contributed by atoms with Crippen LogP contribution in [0.3, 0.4) is 0 Å². The van der Waals surface area contributed by atoms with E-state index in [4.69, 9.17) is 0 Å². The molecule has 0 radical (unpaired) electrons. The first-order valence-electron chi connectivity index (χ1n) is 10.9. The van der Waals surface area contributed by atoms with Gasteiger partial charge in [-0.05, 0) is 6.04 Å². The summed E-state index contributed by atoms with van der Waals surface area (Å²) in [5, 5.41) is 0. The second-order valence-electron chi connectivity index (χ2n) is 7.72. The van der Waals surface area contributed by atoms with E-state index in [0.29, 0.717) is 0 Å². The third kappa shape index (κ3) is 19.9. The lowest BCUT2D eigenvalue weighted by Gasteiger charge is -2.06. The van der Waals surface area contributed by atoms with Crippen LogP contribution in [0.25, 0.3) is 0 Å². The molecule has 0 rings (SSSR count). The summed E-state index contributed by atoms with van der Waals surface area (Å²) in [6.07, 6.45) is 25.7. The van der Waals surface area contributed by atoms with E-state index in [1.54, 1.807) is 0 Å². The second kappa shape index (κ2) is 20.0. The van der Waals surface area contributed by atoms with Crippen molar-refractivity contribution in [2.45, 2.75) is 128 Å². The predicted molar refractivity (Wildman–Crippen MR) is 112 cm³/mol. The molecular formula is C22H46Si. The molecule has 0 aliphatic heterocycles. The van der Waals surface area contributed by atoms with Gasteiger partial charge in [0.2, 0.25) is 0 Å². The van der Waals surface area contributed by atoms with Gasteiger partial charge in [0.25, 0.3) is 0 Å². The minimum absolute atomic E-state index is 0.413. The number of unbranched alkanes of at least 4 members (excludes halogenated alkanes) is 15. The molecule has 0 bridgehead atoms. The Balaban J connectivity index is 3.01. The number of hydrogen-bond acceptors (Lipinski definition) is 0. The molecule has 0 aliphatic rings. The molecule has 138 valence electrons. The predicted octanol–water partition coefficient (Wildman–Crippen LogP) is 8.29. The fourth-order valence-electron chi connectivity index (χ4n) is 3.44. The molecule has 0 aromatic carbocycles. The largest absolute Gasteiger partial charge is 0.103 e. The Morgan fingerprint density at radius 3 is 1.30 bits per heavy atom. The SMILES string of the molecule is C=CC[SiH](C)CCCCCCCCCCCCCCCCCC. The average molecular weight is 339 g/mol. The van der Waals surface area contributed by atoms with Crippen molar-refractivity contribution in [2.24, 2.45) is 0 Å². The summed E-state index contributed by atoms with van der Waals surface area (Å²) in [7, 11) is -0.413. The zero-order chi connectivity index (χ0) is 17.0. The van der Waals surface area contributed by atoms with Crippen molar-refractivity contribution in [1.82, 2.24) is 0 Å². The molecule has 0 aromatic heterocycles. The van der Waals surface area contributed by atoms with Crippen LogP contribution < -0.4 is 0 Å². The fourth-order valence-corrected chi connectivity index (χ4v) is 5.23. The summed E-state index contributed by atoms with van der Waals surface area (Å²) in [6, 6.07) is 2.86. The van der Waals surface area contributed by atoms with E-state index >= 15 is 0 Å². The first-order chi connectivity index (χ1) is 11.3. The summed E-state index contributed by atoms with van der Waals surface area (Å²) in [5.74, 6) is 0. The van der Waals surface area contributed by atoms with Gasteiger partial charge in [-0.3, -0.25) is 0 Å². The third-order valence-corrected chi connectivity index (χ3v) is 7.65. The quantitative estimate of drug-likeness (QED) is 0.126. The van der Waals surface area contributed by atoms with Crippen molar-refractivity contribution in [1.29, 1.82) is 0 Å². The normalized spacial score (nSPS) is 12.4. The van der Waals surface area contributed by atoms with Crippen LogP contribution in [0.2, 0.25) is 18.6 Å². The first kappa shape index (κ1) is 23.0. The van der Waals surface area contributed by atoms with Gasteiger partial charge in [-0.15, -0.1) is 6.58 Å². The van der Waals surface area contributed by atoms with Crippen LogP contribution in [0, 0.1) is 0 Å². The van der Waals surface area contributed by atoms with Crippen molar-refractivity contribution in [3.05, 3.63) is 12.7 Å². The molecule has 0 saturated carbocycles. The summed E-state index contributed by atoms with van der Waals surface area (Å²) >= 11 is 0. The lowest BCUT2D eigenvalue weighted by molar-refractivity contribution is 0.531. The number of rotatable bonds is 19. The third-order valence-electron chi connectivity index (χ3n) is 5.12. The lowest BCUT2D eigenvalue weighted by atomic mass is 10.0. The zero-order valence-corrected chi connectivity index (χ0v) is 17.7. The standard InChI is InChI=1S/C22H46Si/c1-4-6-7-8-9-10-11-12-13-14-15-16-17-18-19-20-22-23(3)21-5-2/h5,23H,2,4,6-22H2,1,3H3. The Bertz CT molecular complexity index is 224. The molecule has 0 fully saturated rings. The van der Waals surface area contributed by atoms with E-state index in [9.17, 15) is 0 Å². The fraction of sp³-hybridized carbons (Fsp3) is 0.909. The molecule has 0 aromatic rings. The van der Waals surface area contributed by atoms with Gasteiger partial charge in [0, 0.05) is 8.80 Å². The van der Waals surface area contributed by atoms with Gasteiger partial charge in [0.1, 0.15) is 0 Å². The van der Waals surface area contributed by atoms with E-state index in [2.05, 4.69) is 26.1 Å². The Labute approximate surface area is 150 Å². The monoisotopic (exact) mass is 338 g/mol. The van der Waals surface area contributed by atoms with Crippen LogP contribution in [0.4, 0.5) is 0 Å². The molecule has 0 aliphatic carbocycles. The molecule has 1 unspecified atom stereocenters. The van der Waals surface area contributed by atoms with Crippen LogP contribution in [0.5, 0.6) is 0 Å². The highest BCUT2D eigenvalue weighted by atomic mass is 28.3. The first-order valence-corrected chi connectivity index (χ1v) is 13.7. The maximum atomic E-state index is 3.86. The minimum Gasteiger partial charge on any atom is -0.103 e. The van der Waals surface area contributed by atoms with E-state index < -0.39 is 8.80 Å². The van der Waals surface area contributed by atoms with E-state index in [1.807, 2.05) is 0 Å². The molecular weight excluding hydrogens is 292 g/mol. The summed E-state index contributed by atoms with van der Waals surface area (Å²) in [4.78, 5) is 0. The van der Waals surface area contributed by atoms with Gasteiger partial charge in [0.05, 0.1) is 0 Å². The Kier molecular flexibility index (Phi) is 20.0. The summed E-state index contributed by atoms with van der Waals surface area (Å²) < 4.78 is 0. The van der Waals surface area contributed by atoms with Crippen molar-refractivity contribution in [3.63, 3.8) is 0 Å². The van der Waals surface area contributed by atoms with Gasteiger partial charge < -0.3 is 0 Å². The highest BCUT2D eigenvalue weighted by Crippen LogP contribution is 2.14. The second-order valence-corrected chi connectivity index (χ2v) is 11.0. The smallest absolute Gasteiger partial charge is 0.0375 e. The molecule has 0 spiro atoms. The highest BCUT2D eigenvalue weighted by Gasteiger charge is 2.00. The molecule has 0 amide bonds. The lowest BCUT2D eigenvalue weighted by Crippen LogP contribution is -2.03. The van der Waals surface area contributed by atoms with Crippen molar-refractivity contribution < 1.29 is 0 Å². The van der Waals surface area contributed by atoms with Gasteiger partial charge in [-0.1, -0.05) is 128 Å². The van der Waals surface area contributed by atoms with Crippen LogP contribution in [0.1, 0.15) is 110 Å². The summed E-state index contributed by atoms with van der Waals surface area (Å²) in [6.45, 7) is 8.65. The minimum atomic E-state index is -0.413. The van der Waals surface area contributed by atoms with E-state index in [0.717, 1.165) is 0 Å². The maximum Gasteiger partial charge on any atom is 0.0375 e. The molecule has 0 nitrogen and oxygen atoms in total. The summed E-state index contributed by atoms with van der Waals surface area (Å²) in [5.41, 5.74) is 0. The van der Waals surface area contributed by atoms with Crippen LogP contribution in [-0.2, 0) is 0 Å². The Morgan fingerprint density at radius 1 is 0.609 bits per heavy atom. The topological polar surface area (TPSA) is 0 Å². The van der Waals surface area contributed by atoms with E-state index in [-0.39, 0.29) is 0 Å². The Morgan fingerprint density at radius 2 is 0.957 bits per heavy atom. The molecule has 23 heavy (non-hydrogen) atoms. The molecule has 1 heteroatoms. The maximum absolute atomic E-state index is 3.86. The van der Waals surface area contributed by atoms with Crippen molar-refractivity contribution in [2.75, 3.05) is 0 Å². The van der Waals surface area contributed by atoms with Crippen LogP contribution in [-0.4, -0.2) is 8.80 Å². The van der Waals surface area contributed by atoms with Crippen molar-refractivity contribution >= 4 is 8.80 Å². The molecule has 1 atom stereocenters. The molecule has 0 heterocycles. The van der Waals surface area contributed by atoms with Gasteiger partial charge in [0.15, 0.2) is 0 Å². The van der Waals surface area contributed by atoms with Gasteiger partial charge in [-0.25, -0.2) is 0 Å². The van der Waals surface area contributed by atoms with Crippen molar-refractivity contribution in [3.8, 4) is 0 Å². The average Bonchev–Trinajstić information content (AvgIpc) is 2.54. The van der Waals surface area contributed by atoms with Gasteiger partial charge >= 0.3 is 0 Å². The number of hydrogen-bond donors (Lipinski definition) is 0. The molecule has 0 N–H and O–H groups in total. The molecule has 0 saturated heterocycles.